The molecule has 1 saturated carbocycles. The second-order valence-corrected chi connectivity index (χ2v) is 10.6. The van der Waals surface area contributed by atoms with Gasteiger partial charge in [0.15, 0.2) is 5.82 Å². The smallest absolute Gasteiger partial charge is 0.229 e. The molecule has 192 valence electrons. The van der Waals surface area contributed by atoms with Crippen LogP contribution in [0.15, 0.2) is 24.4 Å². The minimum absolute atomic E-state index is 0.251. The fourth-order valence-electron chi connectivity index (χ4n) is 4.86. The monoisotopic (exact) mass is 522 g/mol. The molecule has 0 radical (unpaired) electrons. The van der Waals surface area contributed by atoms with E-state index in [-0.39, 0.29) is 6.04 Å². The maximum Gasteiger partial charge on any atom is 0.229 e. The van der Waals surface area contributed by atoms with Gasteiger partial charge in [-0.2, -0.15) is 4.98 Å². The lowest BCUT2D eigenvalue weighted by atomic mass is 9.86. The van der Waals surface area contributed by atoms with Gasteiger partial charge in [0, 0.05) is 45.0 Å². The van der Waals surface area contributed by atoms with E-state index in [0.29, 0.717) is 29.3 Å². The van der Waals surface area contributed by atoms with Crippen LogP contribution in [0.1, 0.15) is 36.8 Å². The quantitative estimate of drug-likeness (QED) is 0.353. The van der Waals surface area contributed by atoms with Crippen LogP contribution in [0.5, 0.6) is 0 Å². The van der Waals surface area contributed by atoms with Crippen molar-refractivity contribution < 1.29 is 13.2 Å². The minimum atomic E-state index is -2.53. The number of aromatic nitrogens is 2. The highest BCUT2D eigenvalue weighted by Gasteiger charge is 2.22. The van der Waals surface area contributed by atoms with E-state index in [0.717, 1.165) is 70.5 Å². The Morgan fingerprint density at radius 2 is 1.91 bits per heavy atom. The van der Waals surface area contributed by atoms with E-state index < -0.39 is 10.9 Å². The van der Waals surface area contributed by atoms with Gasteiger partial charge >= 0.3 is 0 Å². The molecule has 1 aliphatic carbocycles. The van der Waals surface area contributed by atoms with E-state index in [2.05, 4.69) is 48.4 Å². The van der Waals surface area contributed by atoms with Crippen LogP contribution in [0.3, 0.4) is 0 Å². The molecule has 0 amide bonds. The molecule has 3 N–H and O–H groups in total. The predicted octanol–water partition coefficient (Wildman–Crippen LogP) is 3.01. The molecule has 2 aromatic rings. The molecule has 2 heterocycles. The highest BCUT2D eigenvalue weighted by Crippen LogP contribution is 2.29. The standard InChI is InChI=1S/C24H35ClN6O3S/c1-34-13-12-31-10-8-18-4-7-21(14-19(18)9-11-31)29-24-26-16-22(25)23(30-24)28-20-5-2-17(3-6-20)15-27-35(32)33/h4,7,14,16-17,20,35H,2-3,5-6,8-13,15H2,1H3,(H,27,32,33)(H2,26,28,29,30). The minimum Gasteiger partial charge on any atom is -0.383 e. The van der Waals surface area contributed by atoms with Crippen molar-refractivity contribution >= 4 is 39.9 Å². The third kappa shape index (κ3) is 7.75. The molecule has 0 bridgehead atoms. The van der Waals surface area contributed by atoms with Gasteiger partial charge in [0.2, 0.25) is 16.8 Å². The van der Waals surface area contributed by atoms with Crippen LogP contribution in [-0.2, 0) is 28.5 Å². The number of ether oxygens (including phenoxy) is 1. The molecule has 9 nitrogen and oxygen atoms in total. The molecular formula is C24H35ClN6O3S. The van der Waals surface area contributed by atoms with Crippen molar-refractivity contribution in [1.29, 1.82) is 0 Å². The van der Waals surface area contributed by atoms with Crippen LogP contribution in [-0.4, -0.2) is 69.2 Å². The summed E-state index contributed by atoms with van der Waals surface area (Å²) in [4.78, 5) is 11.5. The van der Waals surface area contributed by atoms with Gasteiger partial charge < -0.3 is 20.3 Å². The summed E-state index contributed by atoms with van der Waals surface area (Å²) >= 11 is 6.39. The summed E-state index contributed by atoms with van der Waals surface area (Å²) in [6, 6.07) is 6.73. The molecule has 1 aromatic heterocycles. The van der Waals surface area contributed by atoms with E-state index in [1.165, 1.54) is 11.1 Å². The van der Waals surface area contributed by atoms with Crippen molar-refractivity contribution in [1.82, 2.24) is 19.6 Å². The molecule has 1 fully saturated rings. The van der Waals surface area contributed by atoms with Gasteiger partial charge in [-0.3, -0.25) is 0 Å². The molecule has 1 aromatic carbocycles. The fraction of sp³-hybridized carbons (Fsp3) is 0.583. The highest BCUT2D eigenvalue weighted by molar-refractivity contribution is 7.70. The molecule has 1 aliphatic heterocycles. The van der Waals surface area contributed by atoms with Crippen molar-refractivity contribution in [3.05, 3.63) is 40.5 Å². The highest BCUT2D eigenvalue weighted by atomic mass is 35.5. The zero-order valence-corrected chi connectivity index (χ0v) is 21.8. The van der Waals surface area contributed by atoms with Gasteiger partial charge in [-0.25, -0.2) is 18.1 Å². The SMILES string of the molecule is COCCN1CCc2ccc(Nc3ncc(Cl)c(NC4CCC(CN[SH](=O)=O)CC4)n3)cc2CC1. The number of hydrogen-bond donors (Lipinski definition) is 4. The summed E-state index contributed by atoms with van der Waals surface area (Å²) < 4.78 is 29.3. The largest absolute Gasteiger partial charge is 0.383 e. The van der Waals surface area contributed by atoms with Gasteiger partial charge in [-0.05, 0) is 67.7 Å². The summed E-state index contributed by atoms with van der Waals surface area (Å²) in [7, 11) is -0.781. The Balaban J connectivity index is 1.34. The van der Waals surface area contributed by atoms with E-state index in [1.807, 2.05) is 0 Å². The predicted molar refractivity (Wildman–Crippen MR) is 140 cm³/mol. The average Bonchev–Trinajstić information content (AvgIpc) is 3.06. The maximum atomic E-state index is 10.8. The maximum absolute atomic E-state index is 10.8. The van der Waals surface area contributed by atoms with Gasteiger partial charge in [0.1, 0.15) is 5.02 Å². The van der Waals surface area contributed by atoms with Crippen LogP contribution >= 0.6 is 11.6 Å². The second-order valence-electron chi connectivity index (χ2n) is 9.31. The number of benzene rings is 1. The van der Waals surface area contributed by atoms with Crippen LogP contribution in [0, 0.1) is 5.92 Å². The number of rotatable bonds is 10. The zero-order valence-electron chi connectivity index (χ0n) is 20.1. The van der Waals surface area contributed by atoms with Gasteiger partial charge in [0.25, 0.3) is 0 Å². The molecular weight excluding hydrogens is 488 g/mol. The number of halogens is 1. The third-order valence-corrected chi connectivity index (χ3v) is 7.63. The fourth-order valence-corrected chi connectivity index (χ4v) is 5.41. The Bertz CT molecular complexity index is 1050. The molecule has 4 rings (SSSR count). The normalized spacial score (nSPS) is 20.9. The van der Waals surface area contributed by atoms with E-state index in [1.54, 1.807) is 13.3 Å². The second kappa shape index (κ2) is 12.8. The molecule has 35 heavy (non-hydrogen) atoms. The average molecular weight is 523 g/mol. The Hall–Kier alpha value is -1.98. The first-order chi connectivity index (χ1) is 17.0. The van der Waals surface area contributed by atoms with Crippen molar-refractivity contribution in [3.63, 3.8) is 0 Å². The summed E-state index contributed by atoms with van der Waals surface area (Å²) in [6.07, 6.45) is 7.47. The van der Waals surface area contributed by atoms with Gasteiger partial charge in [-0.15, -0.1) is 0 Å². The summed E-state index contributed by atoms with van der Waals surface area (Å²) in [5.41, 5.74) is 3.71. The number of nitrogens with zero attached hydrogens (tertiary/aromatic N) is 3. The first-order valence-corrected chi connectivity index (χ1v) is 13.8. The topological polar surface area (TPSA) is 108 Å². The molecule has 0 unspecified atom stereocenters. The van der Waals surface area contributed by atoms with Crippen molar-refractivity contribution in [2.75, 3.05) is 50.5 Å². The van der Waals surface area contributed by atoms with Crippen molar-refractivity contribution in [3.8, 4) is 0 Å². The van der Waals surface area contributed by atoms with Crippen LogP contribution in [0.4, 0.5) is 17.5 Å². The van der Waals surface area contributed by atoms with Crippen LogP contribution < -0.4 is 15.4 Å². The summed E-state index contributed by atoms with van der Waals surface area (Å²) in [6.45, 7) is 4.31. The van der Waals surface area contributed by atoms with E-state index in [4.69, 9.17) is 16.3 Å². The van der Waals surface area contributed by atoms with Crippen LogP contribution in [0.2, 0.25) is 5.02 Å². The molecule has 11 heteroatoms. The number of anilines is 3. The number of hydrogen-bond acceptors (Lipinski definition) is 8. The Labute approximate surface area is 214 Å². The lowest BCUT2D eigenvalue weighted by molar-refractivity contribution is 0.150. The Kier molecular flexibility index (Phi) is 9.56. The number of thiol groups is 1. The Morgan fingerprint density at radius 3 is 2.66 bits per heavy atom. The van der Waals surface area contributed by atoms with E-state index in [9.17, 15) is 8.42 Å². The molecule has 2 aliphatic rings. The zero-order chi connectivity index (χ0) is 24.6. The van der Waals surface area contributed by atoms with Crippen LogP contribution in [0.25, 0.3) is 0 Å². The molecule has 0 saturated heterocycles. The van der Waals surface area contributed by atoms with Crippen molar-refractivity contribution in [2.45, 2.75) is 44.6 Å². The first kappa shape index (κ1) is 26.1. The molecule has 0 spiro atoms. The summed E-state index contributed by atoms with van der Waals surface area (Å²) in [5.74, 6) is 1.50. The van der Waals surface area contributed by atoms with Crippen molar-refractivity contribution in [2.24, 2.45) is 5.92 Å². The first-order valence-electron chi connectivity index (χ1n) is 12.3. The molecule has 0 atom stereocenters. The number of fused-ring (bicyclic) bond motifs is 1. The summed E-state index contributed by atoms with van der Waals surface area (Å²) in [5, 5.41) is 7.29. The van der Waals surface area contributed by atoms with Gasteiger partial charge in [-0.1, -0.05) is 17.7 Å². The number of nitrogens with one attached hydrogen (secondary N) is 3. The lowest BCUT2D eigenvalue weighted by Gasteiger charge is -2.29. The lowest BCUT2D eigenvalue weighted by Crippen LogP contribution is -2.31. The number of methoxy groups -OCH3 is 1. The van der Waals surface area contributed by atoms with E-state index >= 15 is 0 Å². The third-order valence-electron chi connectivity index (χ3n) is 6.91. The Morgan fingerprint density at radius 1 is 1.14 bits per heavy atom. The van der Waals surface area contributed by atoms with Gasteiger partial charge in [0.05, 0.1) is 12.8 Å².